The molecule has 0 bridgehead atoms. The largest absolute Gasteiger partial charge is 0.477 e. The van der Waals surface area contributed by atoms with Crippen LogP contribution in [0.2, 0.25) is 25.7 Å². The van der Waals surface area contributed by atoms with E-state index in [1.165, 1.54) is 10.6 Å². The zero-order valence-corrected chi connectivity index (χ0v) is 15.3. The predicted octanol–water partition coefficient (Wildman–Crippen LogP) is 2.98. The molecule has 0 radical (unpaired) electrons. The summed E-state index contributed by atoms with van der Waals surface area (Å²) in [6.45, 7) is 7.55. The van der Waals surface area contributed by atoms with Gasteiger partial charge < -0.3 is 19.5 Å². The first-order chi connectivity index (χ1) is 11.3. The van der Waals surface area contributed by atoms with Crippen LogP contribution in [-0.4, -0.2) is 40.4 Å². The van der Waals surface area contributed by atoms with E-state index in [0.29, 0.717) is 17.7 Å². The number of carboxylic acids is 1. The number of aliphatic hydroxyl groups excluding tert-OH is 1. The average Bonchev–Trinajstić information content (AvgIpc) is 2.95. The van der Waals surface area contributed by atoms with E-state index >= 15 is 0 Å². The molecule has 0 aliphatic rings. The molecule has 2 rings (SSSR count). The highest BCUT2D eigenvalue weighted by molar-refractivity contribution is 6.76. The van der Waals surface area contributed by atoms with Gasteiger partial charge in [-0.1, -0.05) is 19.6 Å². The van der Waals surface area contributed by atoms with Crippen LogP contribution in [0.25, 0.3) is 0 Å². The van der Waals surface area contributed by atoms with Gasteiger partial charge in [-0.05, 0) is 29.8 Å². The van der Waals surface area contributed by atoms with Gasteiger partial charge in [0.25, 0.3) is 0 Å². The van der Waals surface area contributed by atoms with E-state index in [4.69, 9.17) is 4.74 Å². The molecule has 7 heteroatoms. The van der Waals surface area contributed by atoms with E-state index in [1.54, 1.807) is 30.7 Å². The van der Waals surface area contributed by atoms with Crippen molar-refractivity contribution >= 4 is 14.0 Å². The van der Waals surface area contributed by atoms with Crippen molar-refractivity contribution in [3.05, 3.63) is 53.6 Å². The molecule has 24 heavy (non-hydrogen) atoms. The Labute approximate surface area is 142 Å². The first-order valence-corrected chi connectivity index (χ1v) is 11.6. The number of pyridine rings is 1. The van der Waals surface area contributed by atoms with Crippen molar-refractivity contribution in [1.29, 1.82) is 0 Å². The lowest BCUT2D eigenvalue weighted by molar-refractivity contribution is 0.0622. The molecule has 2 aromatic heterocycles. The van der Waals surface area contributed by atoms with Gasteiger partial charge in [0.1, 0.15) is 18.5 Å². The molecule has 2 heterocycles. The van der Waals surface area contributed by atoms with Crippen molar-refractivity contribution in [2.45, 2.75) is 38.5 Å². The Morgan fingerprint density at radius 1 is 1.29 bits per heavy atom. The maximum atomic E-state index is 11.4. The minimum absolute atomic E-state index is 0.103. The number of carbonyl (C=O) groups is 1. The number of hydrogen-bond donors (Lipinski definition) is 2. The fourth-order valence-corrected chi connectivity index (χ4v) is 3.00. The summed E-state index contributed by atoms with van der Waals surface area (Å²) in [6, 6.07) is 5.90. The normalized spacial score (nSPS) is 13.0. The molecule has 6 nitrogen and oxygen atoms in total. The van der Waals surface area contributed by atoms with Gasteiger partial charge >= 0.3 is 5.97 Å². The topological polar surface area (TPSA) is 84.6 Å². The highest BCUT2D eigenvalue weighted by Crippen LogP contribution is 2.23. The molecule has 1 atom stereocenters. The SMILES string of the molecule is C[Si](C)(C)CCOCn1cc(C(O)c2ccncc2)cc1C(=O)O. The van der Waals surface area contributed by atoms with Gasteiger partial charge in [0.05, 0.1) is 0 Å². The van der Waals surface area contributed by atoms with Crippen molar-refractivity contribution in [3.8, 4) is 0 Å². The first kappa shape index (κ1) is 18.4. The van der Waals surface area contributed by atoms with Crippen LogP contribution in [0.4, 0.5) is 0 Å². The number of aromatic carboxylic acids is 1. The summed E-state index contributed by atoms with van der Waals surface area (Å²) in [6.07, 6.45) is 3.91. The monoisotopic (exact) mass is 348 g/mol. The van der Waals surface area contributed by atoms with Gasteiger partial charge in [-0.2, -0.15) is 0 Å². The minimum atomic E-state index is -1.18. The molecule has 0 spiro atoms. The number of nitrogens with zero attached hydrogens (tertiary/aromatic N) is 2. The minimum Gasteiger partial charge on any atom is -0.477 e. The summed E-state index contributed by atoms with van der Waals surface area (Å²) < 4.78 is 7.15. The Hall–Kier alpha value is -1.96. The second-order valence-corrected chi connectivity index (χ2v) is 12.6. The average molecular weight is 348 g/mol. The second kappa shape index (κ2) is 7.74. The van der Waals surface area contributed by atoms with Gasteiger partial charge in [0.15, 0.2) is 0 Å². The van der Waals surface area contributed by atoms with Crippen LogP contribution in [0, 0.1) is 0 Å². The lowest BCUT2D eigenvalue weighted by Gasteiger charge is -2.16. The molecule has 0 fully saturated rings. The summed E-state index contributed by atoms with van der Waals surface area (Å²) in [5, 5.41) is 19.8. The van der Waals surface area contributed by atoms with Crippen molar-refractivity contribution in [1.82, 2.24) is 9.55 Å². The molecule has 2 aromatic rings. The highest BCUT2D eigenvalue weighted by Gasteiger charge is 2.19. The number of carboxylic acid groups (broad SMARTS) is 1. The fraction of sp³-hybridized carbons (Fsp3) is 0.412. The number of hydrogen-bond acceptors (Lipinski definition) is 4. The van der Waals surface area contributed by atoms with Gasteiger partial charge in [-0.15, -0.1) is 0 Å². The first-order valence-electron chi connectivity index (χ1n) is 7.87. The third kappa shape index (κ3) is 5.02. The van der Waals surface area contributed by atoms with Crippen molar-refractivity contribution in [2.75, 3.05) is 6.61 Å². The van der Waals surface area contributed by atoms with Crippen LogP contribution in [0.5, 0.6) is 0 Å². The van der Waals surface area contributed by atoms with Crippen LogP contribution >= 0.6 is 0 Å². The van der Waals surface area contributed by atoms with Gasteiger partial charge in [0, 0.05) is 38.8 Å². The van der Waals surface area contributed by atoms with Crippen molar-refractivity contribution in [2.24, 2.45) is 0 Å². The summed E-state index contributed by atoms with van der Waals surface area (Å²) in [4.78, 5) is 15.3. The van der Waals surface area contributed by atoms with E-state index in [2.05, 4.69) is 24.6 Å². The molecule has 0 aromatic carbocycles. The van der Waals surface area contributed by atoms with Crippen LogP contribution in [0.1, 0.15) is 27.7 Å². The van der Waals surface area contributed by atoms with Crippen LogP contribution in [-0.2, 0) is 11.5 Å². The Morgan fingerprint density at radius 3 is 2.54 bits per heavy atom. The second-order valence-electron chi connectivity index (χ2n) is 6.96. The molecule has 0 saturated heterocycles. The molecule has 130 valence electrons. The van der Waals surface area contributed by atoms with Gasteiger partial charge in [0.2, 0.25) is 0 Å². The highest BCUT2D eigenvalue weighted by atomic mass is 28.3. The number of ether oxygens (including phenoxy) is 1. The summed E-state index contributed by atoms with van der Waals surface area (Å²) in [5.74, 6) is -1.04. The fourth-order valence-electron chi connectivity index (χ4n) is 2.25. The Morgan fingerprint density at radius 2 is 1.96 bits per heavy atom. The zero-order valence-electron chi connectivity index (χ0n) is 14.3. The lowest BCUT2D eigenvalue weighted by Crippen LogP contribution is -2.22. The Kier molecular flexibility index (Phi) is 5.93. The molecule has 0 saturated carbocycles. The van der Waals surface area contributed by atoms with E-state index in [1.807, 2.05) is 0 Å². The molecule has 1 unspecified atom stereocenters. The Bertz CT molecular complexity index is 680. The Balaban J connectivity index is 2.11. The lowest BCUT2D eigenvalue weighted by atomic mass is 10.1. The quantitative estimate of drug-likeness (QED) is 0.566. The summed E-state index contributed by atoms with van der Waals surface area (Å²) in [7, 11) is -1.18. The standard InChI is InChI=1S/C17H24N2O4Si/c1-24(2,3)9-8-23-12-19-11-14(10-15(19)17(21)22)16(20)13-4-6-18-7-5-13/h4-7,10-11,16,20H,8-9,12H2,1-3H3,(H,21,22). The van der Waals surface area contributed by atoms with Crippen LogP contribution in [0.15, 0.2) is 36.8 Å². The van der Waals surface area contributed by atoms with E-state index < -0.39 is 20.1 Å². The summed E-state index contributed by atoms with van der Waals surface area (Å²) >= 11 is 0. The zero-order chi connectivity index (χ0) is 17.7. The number of rotatable bonds is 8. The number of aliphatic hydroxyl groups is 1. The molecular formula is C17H24N2O4Si. The molecule has 0 aliphatic heterocycles. The maximum absolute atomic E-state index is 11.4. The molecular weight excluding hydrogens is 324 g/mol. The maximum Gasteiger partial charge on any atom is 0.352 e. The third-order valence-corrected chi connectivity index (χ3v) is 5.41. The van der Waals surface area contributed by atoms with Crippen LogP contribution < -0.4 is 0 Å². The van der Waals surface area contributed by atoms with Crippen LogP contribution in [0.3, 0.4) is 0 Å². The van der Waals surface area contributed by atoms with Gasteiger partial charge in [-0.25, -0.2) is 4.79 Å². The smallest absolute Gasteiger partial charge is 0.352 e. The predicted molar refractivity (Wildman–Crippen MR) is 93.8 cm³/mol. The van der Waals surface area contributed by atoms with Gasteiger partial charge in [-0.3, -0.25) is 4.98 Å². The van der Waals surface area contributed by atoms with Crippen molar-refractivity contribution in [3.63, 3.8) is 0 Å². The van der Waals surface area contributed by atoms with E-state index in [-0.39, 0.29) is 12.4 Å². The molecule has 0 amide bonds. The van der Waals surface area contributed by atoms with E-state index in [0.717, 1.165) is 6.04 Å². The van der Waals surface area contributed by atoms with Crippen molar-refractivity contribution < 1.29 is 19.7 Å². The third-order valence-electron chi connectivity index (χ3n) is 3.70. The molecule has 0 aliphatic carbocycles. The summed E-state index contributed by atoms with van der Waals surface area (Å²) in [5.41, 5.74) is 1.29. The molecule has 2 N–H and O–H groups in total. The number of aromatic nitrogens is 2. The van der Waals surface area contributed by atoms with E-state index in [9.17, 15) is 15.0 Å².